The Morgan fingerprint density at radius 1 is 1.24 bits per heavy atom. The number of rotatable bonds is 4. The van der Waals surface area contributed by atoms with E-state index in [0.717, 1.165) is 25.6 Å². The van der Waals surface area contributed by atoms with Gasteiger partial charge in [-0.05, 0) is 36.8 Å². The minimum Gasteiger partial charge on any atom is -0.489 e. The first-order valence-electron chi connectivity index (χ1n) is 7.59. The first kappa shape index (κ1) is 16.5. The van der Waals surface area contributed by atoms with Crippen molar-refractivity contribution in [2.45, 2.75) is 25.3 Å². The molecule has 1 aliphatic carbocycles. The summed E-state index contributed by atoms with van der Waals surface area (Å²) in [7, 11) is 0. The molecule has 3 nitrogen and oxygen atoms in total. The van der Waals surface area contributed by atoms with E-state index in [2.05, 4.69) is 4.90 Å². The molecule has 0 radical (unpaired) electrons. The van der Waals surface area contributed by atoms with Crippen LogP contribution in [0.5, 0.6) is 5.75 Å². The molecule has 2 N–H and O–H groups in total. The smallest absolute Gasteiger partial charge is 0.165 e. The molecule has 3 atom stereocenters. The molecule has 1 heterocycles. The summed E-state index contributed by atoms with van der Waals surface area (Å²) < 4.78 is 19.0. The van der Waals surface area contributed by atoms with E-state index in [-0.39, 0.29) is 18.2 Å². The van der Waals surface area contributed by atoms with Crippen molar-refractivity contribution in [3.8, 4) is 5.75 Å². The third-order valence-corrected chi connectivity index (χ3v) is 4.73. The van der Waals surface area contributed by atoms with Crippen molar-refractivity contribution in [3.05, 3.63) is 30.1 Å². The molecule has 0 amide bonds. The molecule has 1 aliphatic heterocycles. The first-order valence-corrected chi connectivity index (χ1v) is 7.59. The average Bonchev–Trinajstić information content (AvgIpc) is 2.85. The third-order valence-electron chi connectivity index (χ3n) is 4.73. The van der Waals surface area contributed by atoms with Gasteiger partial charge in [-0.25, -0.2) is 4.39 Å². The Kier molecular flexibility index (Phi) is 5.85. The number of nitrogens with zero attached hydrogens (tertiary/aromatic N) is 1. The molecule has 5 heteroatoms. The van der Waals surface area contributed by atoms with Crippen LogP contribution < -0.4 is 10.5 Å². The Balaban J connectivity index is 0.00000161. The number of hydrogen-bond acceptors (Lipinski definition) is 3. The predicted molar refractivity (Wildman–Crippen MR) is 84.4 cm³/mol. The van der Waals surface area contributed by atoms with E-state index in [9.17, 15) is 4.39 Å². The highest BCUT2D eigenvalue weighted by atomic mass is 35.5. The number of fused-ring (bicyclic) bond motifs is 1. The Hall–Kier alpha value is -0.840. The van der Waals surface area contributed by atoms with Crippen molar-refractivity contribution in [1.29, 1.82) is 0 Å². The summed E-state index contributed by atoms with van der Waals surface area (Å²) in [4.78, 5) is 2.42. The number of halogens is 2. The monoisotopic (exact) mass is 314 g/mol. The highest BCUT2D eigenvalue weighted by Crippen LogP contribution is 2.35. The van der Waals surface area contributed by atoms with Crippen molar-refractivity contribution in [2.75, 3.05) is 26.2 Å². The van der Waals surface area contributed by atoms with Gasteiger partial charge < -0.3 is 10.5 Å². The molecule has 2 aliphatic rings. The molecule has 0 spiro atoms. The van der Waals surface area contributed by atoms with Crippen LogP contribution in [0.4, 0.5) is 4.39 Å². The Bertz CT molecular complexity index is 460. The number of likely N-dealkylation sites (tertiary alicyclic amines) is 1. The van der Waals surface area contributed by atoms with Crippen LogP contribution in [0.15, 0.2) is 24.3 Å². The molecule has 3 unspecified atom stereocenters. The number of ether oxygens (including phenoxy) is 1. The van der Waals surface area contributed by atoms with E-state index in [0.29, 0.717) is 24.3 Å². The lowest BCUT2D eigenvalue weighted by Crippen LogP contribution is -2.38. The topological polar surface area (TPSA) is 38.5 Å². The summed E-state index contributed by atoms with van der Waals surface area (Å²) in [5.74, 6) is 1.47. The van der Waals surface area contributed by atoms with E-state index in [1.165, 1.54) is 25.3 Å². The van der Waals surface area contributed by atoms with Gasteiger partial charge in [-0.3, -0.25) is 4.90 Å². The van der Waals surface area contributed by atoms with Crippen molar-refractivity contribution in [2.24, 2.45) is 17.6 Å². The standard InChI is InChI=1S/C16H23FN2O.ClH/c17-14-5-1-2-7-16(14)20-9-8-19-10-12-4-3-6-15(18)13(12)11-19;/h1-2,5,7,12-13,15H,3-4,6,8-11,18H2;1H. The fraction of sp³-hybridized carbons (Fsp3) is 0.625. The van der Waals surface area contributed by atoms with E-state index >= 15 is 0 Å². The molecule has 0 aromatic heterocycles. The highest BCUT2D eigenvalue weighted by Gasteiger charge is 2.38. The van der Waals surface area contributed by atoms with Crippen LogP contribution in [-0.4, -0.2) is 37.2 Å². The van der Waals surface area contributed by atoms with Crippen LogP contribution in [0.25, 0.3) is 0 Å². The van der Waals surface area contributed by atoms with E-state index in [1.54, 1.807) is 18.2 Å². The van der Waals surface area contributed by atoms with E-state index in [1.807, 2.05) is 0 Å². The number of benzene rings is 1. The van der Waals surface area contributed by atoms with Crippen LogP contribution in [0.1, 0.15) is 19.3 Å². The minimum absolute atomic E-state index is 0. The lowest BCUT2D eigenvalue weighted by Gasteiger charge is -2.29. The molecular weight excluding hydrogens is 291 g/mol. The van der Waals surface area contributed by atoms with E-state index in [4.69, 9.17) is 10.5 Å². The molecule has 0 bridgehead atoms. The summed E-state index contributed by atoms with van der Waals surface area (Å²) in [5.41, 5.74) is 6.21. The van der Waals surface area contributed by atoms with Gasteiger partial charge in [-0.1, -0.05) is 18.6 Å². The fourth-order valence-corrected chi connectivity index (χ4v) is 3.64. The molecule has 2 fully saturated rings. The minimum atomic E-state index is -0.287. The quantitative estimate of drug-likeness (QED) is 0.928. The molecule has 118 valence electrons. The van der Waals surface area contributed by atoms with Gasteiger partial charge in [0.2, 0.25) is 0 Å². The second-order valence-corrected chi connectivity index (χ2v) is 6.06. The maximum absolute atomic E-state index is 13.4. The fourth-order valence-electron chi connectivity index (χ4n) is 3.64. The average molecular weight is 315 g/mol. The van der Waals surface area contributed by atoms with Crippen molar-refractivity contribution >= 4 is 12.4 Å². The van der Waals surface area contributed by atoms with Gasteiger partial charge in [0.05, 0.1) is 0 Å². The maximum Gasteiger partial charge on any atom is 0.165 e. The van der Waals surface area contributed by atoms with Crippen LogP contribution in [0.2, 0.25) is 0 Å². The maximum atomic E-state index is 13.4. The van der Waals surface area contributed by atoms with Crippen LogP contribution in [0.3, 0.4) is 0 Å². The lowest BCUT2D eigenvalue weighted by atomic mass is 9.78. The van der Waals surface area contributed by atoms with Gasteiger partial charge >= 0.3 is 0 Å². The number of nitrogens with two attached hydrogens (primary N) is 1. The molecular formula is C16H24ClFN2O. The Morgan fingerprint density at radius 3 is 2.81 bits per heavy atom. The molecule has 1 saturated carbocycles. The molecule has 1 saturated heterocycles. The van der Waals surface area contributed by atoms with Crippen molar-refractivity contribution < 1.29 is 9.13 Å². The molecule has 1 aromatic rings. The highest BCUT2D eigenvalue weighted by molar-refractivity contribution is 5.85. The van der Waals surface area contributed by atoms with Crippen molar-refractivity contribution in [3.63, 3.8) is 0 Å². The predicted octanol–water partition coefficient (Wildman–Crippen LogP) is 2.69. The van der Waals surface area contributed by atoms with Gasteiger partial charge in [0.25, 0.3) is 0 Å². The summed E-state index contributed by atoms with van der Waals surface area (Å²) in [5, 5.41) is 0. The van der Waals surface area contributed by atoms with E-state index < -0.39 is 0 Å². The van der Waals surface area contributed by atoms with Gasteiger partial charge in [-0.15, -0.1) is 12.4 Å². The zero-order valence-corrected chi connectivity index (χ0v) is 13.0. The summed E-state index contributed by atoms with van der Waals surface area (Å²) in [6.07, 6.45) is 3.74. The summed E-state index contributed by atoms with van der Waals surface area (Å²) >= 11 is 0. The van der Waals surface area contributed by atoms with Crippen LogP contribution in [0, 0.1) is 17.7 Å². The normalized spacial score (nSPS) is 28.8. The lowest BCUT2D eigenvalue weighted by molar-refractivity contribution is 0.224. The zero-order valence-electron chi connectivity index (χ0n) is 12.2. The SMILES string of the molecule is Cl.NC1CCCC2CN(CCOc3ccccc3F)CC12. The second-order valence-electron chi connectivity index (χ2n) is 6.06. The summed E-state index contributed by atoms with van der Waals surface area (Å²) in [6.45, 7) is 3.59. The third kappa shape index (κ3) is 3.87. The largest absolute Gasteiger partial charge is 0.489 e. The van der Waals surface area contributed by atoms with Gasteiger partial charge in [-0.2, -0.15) is 0 Å². The van der Waals surface area contributed by atoms with Gasteiger partial charge in [0.15, 0.2) is 11.6 Å². The zero-order chi connectivity index (χ0) is 13.9. The van der Waals surface area contributed by atoms with Gasteiger partial charge in [0.1, 0.15) is 6.61 Å². The van der Waals surface area contributed by atoms with Crippen LogP contribution in [-0.2, 0) is 0 Å². The number of para-hydroxylation sites is 1. The van der Waals surface area contributed by atoms with Gasteiger partial charge in [0, 0.05) is 25.7 Å². The summed E-state index contributed by atoms with van der Waals surface area (Å²) in [6, 6.07) is 6.94. The second kappa shape index (κ2) is 7.43. The number of hydrogen-bond donors (Lipinski definition) is 1. The molecule has 1 aromatic carbocycles. The first-order chi connectivity index (χ1) is 9.74. The Labute approximate surface area is 132 Å². The van der Waals surface area contributed by atoms with Crippen LogP contribution >= 0.6 is 12.4 Å². The molecule has 21 heavy (non-hydrogen) atoms. The molecule has 3 rings (SSSR count). The van der Waals surface area contributed by atoms with Crippen molar-refractivity contribution in [1.82, 2.24) is 4.90 Å². The Morgan fingerprint density at radius 2 is 2.05 bits per heavy atom.